The van der Waals surface area contributed by atoms with Gasteiger partial charge in [-0.05, 0) is 38.3 Å². The molecule has 0 aliphatic carbocycles. The summed E-state index contributed by atoms with van der Waals surface area (Å²) in [6, 6.07) is 4.24. The Hall–Kier alpha value is -1.29. The minimum atomic E-state index is -0.421. The molecule has 1 aliphatic rings. The summed E-state index contributed by atoms with van der Waals surface area (Å²) in [6.07, 6.45) is 4.81. The molecule has 1 aromatic rings. The maximum atomic E-state index is 12.7. The number of hydrogen-bond acceptors (Lipinski definition) is 2. The summed E-state index contributed by atoms with van der Waals surface area (Å²) >= 11 is 0. The molecular formula is C14H23N3O. The molecule has 1 amide bonds. The molecule has 0 bridgehead atoms. The van der Waals surface area contributed by atoms with Crippen LogP contribution < -0.4 is 5.73 Å². The zero-order valence-corrected chi connectivity index (χ0v) is 11.3. The second-order valence-corrected chi connectivity index (χ2v) is 5.40. The molecule has 4 nitrogen and oxygen atoms in total. The second-order valence-electron chi connectivity index (χ2n) is 5.40. The molecular weight excluding hydrogens is 226 g/mol. The van der Waals surface area contributed by atoms with Crippen LogP contribution in [-0.2, 0) is 4.79 Å². The first-order valence-corrected chi connectivity index (χ1v) is 6.77. The summed E-state index contributed by atoms with van der Waals surface area (Å²) in [6.45, 7) is 5.26. The molecule has 1 saturated heterocycles. The van der Waals surface area contributed by atoms with Crippen LogP contribution in [0.4, 0.5) is 0 Å². The third-order valence-corrected chi connectivity index (χ3v) is 4.24. The van der Waals surface area contributed by atoms with E-state index in [0.717, 1.165) is 31.5 Å². The van der Waals surface area contributed by atoms with Crippen LogP contribution >= 0.6 is 0 Å². The number of aromatic nitrogens is 1. The maximum Gasteiger partial charge on any atom is 0.230 e. The van der Waals surface area contributed by atoms with Crippen LogP contribution in [0.2, 0.25) is 0 Å². The Morgan fingerprint density at radius 2 is 2.44 bits per heavy atom. The molecule has 18 heavy (non-hydrogen) atoms. The molecule has 3 N–H and O–H groups in total. The van der Waals surface area contributed by atoms with E-state index in [-0.39, 0.29) is 11.9 Å². The highest BCUT2D eigenvalue weighted by molar-refractivity contribution is 5.83. The molecule has 0 aromatic carbocycles. The Morgan fingerprint density at radius 1 is 1.67 bits per heavy atom. The van der Waals surface area contributed by atoms with E-state index in [4.69, 9.17) is 5.73 Å². The predicted molar refractivity (Wildman–Crippen MR) is 71.9 cm³/mol. The number of H-pyrrole nitrogens is 1. The summed E-state index contributed by atoms with van der Waals surface area (Å²) < 4.78 is 0. The number of rotatable bonds is 4. The molecule has 2 atom stereocenters. The smallest absolute Gasteiger partial charge is 0.230 e. The van der Waals surface area contributed by atoms with Gasteiger partial charge < -0.3 is 15.6 Å². The van der Waals surface area contributed by atoms with Crippen LogP contribution in [0.1, 0.15) is 44.8 Å². The van der Waals surface area contributed by atoms with E-state index in [1.54, 1.807) is 0 Å². The van der Waals surface area contributed by atoms with Crippen LogP contribution in [0.3, 0.4) is 0 Å². The van der Waals surface area contributed by atoms with Crippen molar-refractivity contribution in [3.63, 3.8) is 0 Å². The van der Waals surface area contributed by atoms with Crippen molar-refractivity contribution in [2.75, 3.05) is 13.1 Å². The molecule has 2 rings (SSSR count). The fraction of sp³-hybridized carbons (Fsp3) is 0.643. The van der Waals surface area contributed by atoms with Crippen LogP contribution in [0.5, 0.6) is 0 Å². The van der Waals surface area contributed by atoms with Gasteiger partial charge in [0.25, 0.3) is 0 Å². The van der Waals surface area contributed by atoms with Crippen molar-refractivity contribution in [1.82, 2.24) is 9.88 Å². The Balaban J connectivity index is 2.19. The lowest BCUT2D eigenvalue weighted by molar-refractivity contribution is -0.142. The van der Waals surface area contributed by atoms with Crippen molar-refractivity contribution in [1.29, 1.82) is 0 Å². The third kappa shape index (κ3) is 2.17. The SMILES string of the molecule is CCC(C)(CN)C(=O)N1CCCC1c1ccc[nH]1. The van der Waals surface area contributed by atoms with E-state index >= 15 is 0 Å². The van der Waals surface area contributed by atoms with Gasteiger partial charge in [0.05, 0.1) is 11.5 Å². The molecule has 2 heterocycles. The number of hydrogen-bond donors (Lipinski definition) is 2. The predicted octanol–water partition coefficient (Wildman–Crippen LogP) is 2.05. The molecule has 0 spiro atoms. The van der Waals surface area contributed by atoms with Crippen molar-refractivity contribution in [2.45, 2.75) is 39.2 Å². The first kappa shape index (κ1) is 13.1. The van der Waals surface area contributed by atoms with Gasteiger partial charge >= 0.3 is 0 Å². The van der Waals surface area contributed by atoms with Gasteiger partial charge in [-0.2, -0.15) is 0 Å². The van der Waals surface area contributed by atoms with Crippen LogP contribution in [-0.4, -0.2) is 28.9 Å². The zero-order chi connectivity index (χ0) is 13.2. The molecule has 1 aliphatic heterocycles. The van der Waals surface area contributed by atoms with Crippen LogP contribution in [0.25, 0.3) is 0 Å². The summed E-state index contributed by atoms with van der Waals surface area (Å²) in [5.41, 5.74) is 6.51. The number of carbonyl (C=O) groups is 1. The van der Waals surface area contributed by atoms with E-state index in [0.29, 0.717) is 6.54 Å². The number of nitrogens with zero attached hydrogens (tertiary/aromatic N) is 1. The monoisotopic (exact) mass is 249 g/mol. The van der Waals surface area contributed by atoms with Crippen molar-refractivity contribution in [3.8, 4) is 0 Å². The highest BCUT2D eigenvalue weighted by atomic mass is 16.2. The molecule has 1 aromatic heterocycles. The van der Waals surface area contributed by atoms with Gasteiger partial charge in [0.1, 0.15) is 0 Å². The average Bonchev–Trinajstić information content (AvgIpc) is 3.06. The zero-order valence-electron chi connectivity index (χ0n) is 11.3. The summed E-state index contributed by atoms with van der Waals surface area (Å²) in [7, 11) is 0. The molecule has 0 radical (unpaired) electrons. The highest BCUT2D eigenvalue weighted by Gasteiger charge is 2.39. The Bertz CT molecular complexity index is 395. The number of carbonyl (C=O) groups excluding carboxylic acids is 1. The third-order valence-electron chi connectivity index (χ3n) is 4.24. The van der Waals surface area contributed by atoms with E-state index in [2.05, 4.69) is 11.1 Å². The topological polar surface area (TPSA) is 62.1 Å². The van der Waals surface area contributed by atoms with Crippen LogP contribution in [0, 0.1) is 5.41 Å². The van der Waals surface area contributed by atoms with Crippen molar-refractivity contribution in [3.05, 3.63) is 24.0 Å². The van der Waals surface area contributed by atoms with Gasteiger partial charge in [0.15, 0.2) is 0 Å². The Labute approximate surface area is 109 Å². The Morgan fingerprint density at radius 3 is 3.00 bits per heavy atom. The van der Waals surface area contributed by atoms with Gasteiger partial charge in [0.2, 0.25) is 5.91 Å². The molecule has 1 fully saturated rings. The van der Waals surface area contributed by atoms with Gasteiger partial charge in [-0.3, -0.25) is 4.79 Å². The largest absolute Gasteiger partial charge is 0.363 e. The summed E-state index contributed by atoms with van der Waals surface area (Å²) in [4.78, 5) is 17.9. The summed E-state index contributed by atoms with van der Waals surface area (Å²) in [5, 5.41) is 0. The maximum absolute atomic E-state index is 12.7. The van der Waals surface area contributed by atoms with Crippen LogP contribution in [0.15, 0.2) is 18.3 Å². The number of likely N-dealkylation sites (tertiary alicyclic amines) is 1. The standard InChI is InChI=1S/C14H23N3O/c1-3-14(2,10-15)13(18)17-9-5-7-12(17)11-6-4-8-16-11/h4,6,8,12,16H,3,5,7,9-10,15H2,1-2H3. The minimum absolute atomic E-state index is 0.199. The second kappa shape index (κ2) is 5.14. The fourth-order valence-corrected chi connectivity index (χ4v) is 2.61. The van der Waals surface area contributed by atoms with E-state index in [9.17, 15) is 4.79 Å². The van der Waals surface area contributed by atoms with E-state index in [1.807, 2.05) is 31.0 Å². The minimum Gasteiger partial charge on any atom is -0.363 e. The van der Waals surface area contributed by atoms with Crippen molar-refractivity contribution < 1.29 is 4.79 Å². The number of amides is 1. The number of nitrogens with two attached hydrogens (primary N) is 1. The van der Waals surface area contributed by atoms with E-state index < -0.39 is 5.41 Å². The molecule has 4 heteroatoms. The highest BCUT2D eigenvalue weighted by Crippen LogP contribution is 2.35. The summed E-state index contributed by atoms with van der Waals surface area (Å²) in [5.74, 6) is 0.199. The average molecular weight is 249 g/mol. The van der Waals surface area contributed by atoms with Gasteiger partial charge in [-0.15, -0.1) is 0 Å². The number of nitrogens with one attached hydrogen (secondary N) is 1. The van der Waals surface area contributed by atoms with Crippen molar-refractivity contribution >= 4 is 5.91 Å². The van der Waals surface area contributed by atoms with E-state index in [1.165, 1.54) is 0 Å². The fourth-order valence-electron chi connectivity index (χ4n) is 2.61. The first-order chi connectivity index (χ1) is 8.62. The number of aromatic amines is 1. The molecule has 0 saturated carbocycles. The van der Waals surface area contributed by atoms with Gasteiger partial charge in [-0.1, -0.05) is 6.92 Å². The quantitative estimate of drug-likeness (QED) is 0.858. The normalized spacial score (nSPS) is 23.1. The lowest BCUT2D eigenvalue weighted by Gasteiger charge is -2.34. The van der Waals surface area contributed by atoms with Gasteiger partial charge in [0, 0.05) is 25.0 Å². The van der Waals surface area contributed by atoms with Crippen molar-refractivity contribution in [2.24, 2.45) is 11.1 Å². The lowest BCUT2D eigenvalue weighted by Crippen LogP contribution is -2.45. The Kier molecular flexibility index (Phi) is 3.76. The first-order valence-electron chi connectivity index (χ1n) is 6.77. The molecule has 2 unspecified atom stereocenters. The van der Waals surface area contributed by atoms with Gasteiger partial charge in [-0.25, -0.2) is 0 Å². The lowest BCUT2D eigenvalue weighted by atomic mass is 9.85. The molecule has 100 valence electrons.